The summed E-state index contributed by atoms with van der Waals surface area (Å²) in [4.78, 5) is 31.3. The number of amides is 1. The summed E-state index contributed by atoms with van der Waals surface area (Å²) in [6.07, 6.45) is 1.45. The Balaban J connectivity index is 1.39. The quantitative estimate of drug-likeness (QED) is 0.112. The van der Waals surface area contributed by atoms with Gasteiger partial charge in [0.15, 0.2) is 0 Å². The van der Waals surface area contributed by atoms with E-state index in [9.17, 15) is 9.59 Å². The van der Waals surface area contributed by atoms with E-state index in [-0.39, 0.29) is 0 Å². The highest BCUT2D eigenvalue weighted by Gasteiger charge is 2.20. The highest BCUT2D eigenvalue weighted by Crippen LogP contribution is 2.34. The van der Waals surface area contributed by atoms with Gasteiger partial charge < -0.3 is 19.4 Å². The molecule has 2 N–H and O–H groups in total. The fraction of sp³-hybridized carbons (Fsp3) is 0.0938. The van der Waals surface area contributed by atoms with Crippen LogP contribution in [0.25, 0.3) is 22.0 Å². The van der Waals surface area contributed by atoms with Gasteiger partial charge in [-0.3, -0.25) is 4.79 Å². The summed E-state index contributed by atoms with van der Waals surface area (Å²) < 4.78 is 10.7. The summed E-state index contributed by atoms with van der Waals surface area (Å²) >= 11 is 0. The number of anilines is 1. The van der Waals surface area contributed by atoms with Crippen LogP contribution in [0.15, 0.2) is 102 Å². The number of H-pyrrole nitrogens is 1. The zero-order chi connectivity index (χ0) is 28.1. The zero-order valence-corrected chi connectivity index (χ0v) is 22.3. The first-order valence-corrected chi connectivity index (χ1v) is 12.6. The van der Waals surface area contributed by atoms with Gasteiger partial charge in [-0.15, -0.1) is 0 Å². The Hall–Kier alpha value is -5.37. The number of carbonyl (C=O) groups is 2. The van der Waals surface area contributed by atoms with Crippen molar-refractivity contribution in [1.29, 1.82) is 0 Å². The SMILES string of the molecule is COc1ccc(C(=O)Oc2ccccc2C=NNC(=O)c2[nH]c3ccc(N(C)C)cc3c2-c2ccccc2)cc1. The van der Waals surface area contributed by atoms with Crippen LogP contribution in [0.5, 0.6) is 11.5 Å². The van der Waals surface area contributed by atoms with Crippen molar-refractivity contribution in [2.45, 2.75) is 0 Å². The summed E-state index contributed by atoms with van der Waals surface area (Å²) in [5, 5.41) is 5.10. The number of nitrogens with one attached hydrogen (secondary N) is 2. The number of benzene rings is 4. The first-order chi connectivity index (χ1) is 19.4. The van der Waals surface area contributed by atoms with Gasteiger partial charge in [-0.25, -0.2) is 10.2 Å². The van der Waals surface area contributed by atoms with Crippen LogP contribution in [-0.4, -0.2) is 44.3 Å². The predicted molar refractivity (Wildman–Crippen MR) is 158 cm³/mol. The number of carbonyl (C=O) groups excluding carboxylic acids is 2. The van der Waals surface area contributed by atoms with Crippen LogP contribution in [0, 0.1) is 0 Å². The lowest BCUT2D eigenvalue weighted by Gasteiger charge is -2.12. The first-order valence-electron chi connectivity index (χ1n) is 12.6. The summed E-state index contributed by atoms with van der Waals surface area (Å²) in [7, 11) is 5.51. The van der Waals surface area contributed by atoms with Gasteiger partial charge in [-0.05, 0) is 60.2 Å². The minimum Gasteiger partial charge on any atom is -0.497 e. The van der Waals surface area contributed by atoms with Gasteiger partial charge in [0.25, 0.3) is 5.91 Å². The summed E-state index contributed by atoms with van der Waals surface area (Å²) in [5.41, 5.74) is 7.49. The lowest BCUT2D eigenvalue weighted by molar-refractivity contribution is 0.0734. The Morgan fingerprint density at radius 3 is 2.35 bits per heavy atom. The number of nitrogens with zero attached hydrogens (tertiary/aromatic N) is 2. The third-order valence-corrected chi connectivity index (χ3v) is 6.41. The Morgan fingerprint density at radius 2 is 1.62 bits per heavy atom. The number of hydrogen-bond donors (Lipinski definition) is 2. The van der Waals surface area contributed by atoms with E-state index < -0.39 is 11.9 Å². The maximum atomic E-state index is 13.4. The molecule has 0 fully saturated rings. The lowest BCUT2D eigenvalue weighted by atomic mass is 10.0. The maximum absolute atomic E-state index is 13.4. The standard InChI is InChI=1S/C32H28N4O4/c1-36(2)24-15-18-27-26(19-24)29(21-9-5-4-6-10-21)30(34-27)31(37)35-33-20-23-11-7-8-12-28(23)40-32(38)22-13-16-25(39-3)17-14-22/h4-20,34H,1-3H3,(H,35,37). The van der Waals surface area contributed by atoms with Crippen LogP contribution in [0.1, 0.15) is 26.4 Å². The maximum Gasteiger partial charge on any atom is 0.343 e. The van der Waals surface area contributed by atoms with Crippen LogP contribution < -0.4 is 19.8 Å². The summed E-state index contributed by atoms with van der Waals surface area (Å²) in [6, 6.07) is 29.4. The number of rotatable bonds is 8. The van der Waals surface area contributed by atoms with Crippen LogP contribution in [0.3, 0.4) is 0 Å². The van der Waals surface area contributed by atoms with Crippen LogP contribution in [0.4, 0.5) is 5.69 Å². The molecule has 1 heterocycles. The van der Waals surface area contributed by atoms with Crippen LogP contribution >= 0.6 is 0 Å². The van der Waals surface area contributed by atoms with Crippen molar-refractivity contribution in [3.8, 4) is 22.6 Å². The van der Waals surface area contributed by atoms with E-state index in [0.717, 1.165) is 27.7 Å². The fourth-order valence-electron chi connectivity index (χ4n) is 4.32. The lowest BCUT2D eigenvalue weighted by Crippen LogP contribution is -2.19. The Kier molecular flexibility index (Phi) is 7.59. The third-order valence-electron chi connectivity index (χ3n) is 6.41. The molecule has 200 valence electrons. The largest absolute Gasteiger partial charge is 0.497 e. The number of para-hydroxylation sites is 1. The molecular formula is C32H28N4O4. The van der Waals surface area contributed by atoms with Crippen molar-refractivity contribution >= 4 is 34.7 Å². The molecule has 0 atom stereocenters. The smallest absolute Gasteiger partial charge is 0.343 e. The van der Waals surface area contributed by atoms with Crippen molar-refractivity contribution < 1.29 is 19.1 Å². The van der Waals surface area contributed by atoms with E-state index in [1.54, 1.807) is 55.6 Å². The summed E-state index contributed by atoms with van der Waals surface area (Å²) in [6.45, 7) is 0. The van der Waals surface area contributed by atoms with E-state index in [2.05, 4.69) is 21.6 Å². The monoisotopic (exact) mass is 532 g/mol. The summed E-state index contributed by atoms with van der Waals surface area (Å²) in [5.74, 6) is 0.0390. The minimum atomic E-state index is -0.518. The molecule has 5 rings (SSSR count). The second-order valence-corrected chi connectivity index (χ2v) is 9.22. The van der Waals surface area contributed by atoms with Gasteiger partial charge in [0.05, 0.1) is 18.9 Å². The van der Waals surface area contributed by atoms with Crippen molar-refractivity contribution in [3.63, 3.8) is 0 Å². The molecule has 5 aromatic rings. The normalized spacial score (nSPS) is 11.0. The van der Waals surface area contributed by atoms with Gasteiger partial charge in [0.2, 0.25) is 0 Å². The van der Waals surface area contributed by atoms with Crippen LogP contribution in [-0.2, 0) is 0 Å². The number of methoxy groups -OCH3 is 1. The van der Waals surface area contributed by atoms with Crippen molar-refractivity contribution in [2.24, 2.45) is 5.10 Å². The molecule has 1 aromatic heterocycles. The second kappa shape index (κ2) is 11.6. The highest BCUT2D eigenvalue weighted by atomic mass is 16.5. The minimum absolute atomic E-state index is 0.313. The molecule has 4 aromatic carbocycles. The van der Waals surface area contributed by atoms with Gasteiger partial charge in [0, 0.05) is 41.8 Å². The van der Waals surface area contributed by atoms with Gasteiger partial charge in [-0.2, -0.15) is 5.10 Å². The van der Waals surface area contributed by atoms with Gasteiger partial charge in [0.1, 0.15) is 17.2 Å². The van der Waals surface area contributed by atoms with E-state index in [1.807, 2.05) is 61.5 Å². The molecule has 0 saturated heterocycles. The van der Waals surface area contributed by atoms with Crippen molar-refractivity contribution in [1.82, 2.24) is 10.4 Å². The topological polar surface area (TPSA) is 96.0 Å². The molecule has 0 saturated carbocycles. The predicted octanol–water partition coefficient (Wildman–Crippen LogP) is 5.89. The molecule has 0 bridgehead atoms. The Morgan fingerprint density at radius 1 is 0.900 bits per heavy atom. The van der Waals surface area contributed by atoms with E-state index >= 15 is 0 Å². The Bertz CT molecular complexity index is 1690. The first kappa shape index (κ1) is 26.2. The van der Waals surface area contributed by atoms with Crippen LogP contribution in [0.2, 0.25) is 0 Å². The van der Waals surface area contributed by atoms with E-state index in [4.69, 9.17) is 9.47 Å². The Labute approximate surface area is 231 Å². The van der Waals surface area contributed by atoms with E-state index in [1.165, 1.54) is 6.21 Å². The zero-order valence-electron chi connectivity index (χ0n) is 22.3. The molecule has 0 aliphatic carbocycles. The number of fused-ring (bicyclic) bond motifs is 1. The fourth-order valence-corrected chi connectivity index (χ4v) is 4.32. The number of esters is 1. The molecule has 40 heavy (non-hydrogen) atoms. The molecule has 0 aliphatic heterocycles. The molecule has 0 aliphatic rings. The number of hydrazone groups is 1. The second-order valence-electron chi connectivity index (χ2n) is 9.22. The number of hydrogen-bond acceptors (Lipinski definition) is 6. The van der Waals surface area contributed by atoms with Gasteiger partial charge in [-0.1, -0.05) is 42.5 Å². The molecule has 0 spiro atoms. The van der Waals surface area contributed by atoms with E-state index in [0.29, 0.717) is 28.3 Å². The average Bonchev–Trinajstić information content (AvgIpc) is 3.37. The number of ether oxygens (including phenoxy) is 2. The molecule has 0 radical (unpaired) electrons. The average molecular weight is 533 g/mol. The van der Waals surface area contributed by atoms with Crippen molar-refractivity contribution in [3.05, 3.63) is 114 Å². The molecule has 1 amide bonds. The molecule has 8 heteroatoms. The van der Waals surface area contributed by atoms with Gasteiger partial charge >= 0.3 is 5.97 Å². The van der Waals surface area contributed by atoms with Crippen molar-refractivity contribution in [2.75, 3.05) is 26.1 Å². The molecular weight excluding hydrogens is 504 g/mol. The molecule has 0 unspecified atom stereocenters. The molecule has 8 nitrogen and oxygen atoms in total. The number of aromatic nitrogens is 1. The number of aromatic amines is 1. The third kappa shape index (κ3) is 5.56. The highest BCUT2D eigenvalue weighted by molar-refractivity contribution is 6.10.